The smallest absolute Gasteiger partial charge is 0.328 e. The molecule has 0 rings (SSSR count). The van der Waals surface area contributed by atoms with Crippen LogP contribution in [0.25, 0.3) is 0 Å². The normalized spacial score (nSPS) is 12.2. The Morgan fingerprint density at radius 1 is 1.58 bits per heavy atom. The lowest BCUT2D eigenvalue weighted by molar-refractivity contribution is -0.131. The van der Waals surface area contributed by atoms with Crippen LogP contribution in [0.15, 0.2) is 12.2 Å². The molecule has 70 valence electrons. The highest BCUT2D eigenvalue weighted by molar-refractivity contribution is 5.79. The first-order valence-corrected chi connectivity index (χ1v) is 3.74. The summed E-state index contributed by atoms with van der Waals surface area (Å²) in [6.07, 6.45) is 2.56. The van der Waals surface area contributed by atoms with Gasteiger partial charge in [-0.25, -0.2) is 4.79 Å². The van der Waals surface area contributed by atoms with E-state index in [1.54, 1.807) is 13.8 Å². The average molecular weight is 173 g/mol. The number of aliphatic carboxylic acids is 1. The van der Waals surface area contributed by atoms with E-state index in [-0.39, 0.29) is 0 Å². The molecule has 4 nitrogen and oxygen atoms in total. The minimum Gasteiger partial charge on any atom is -0.478 e. The molecule has 0 heterocycles. The highest BCUT2D eigenvalue weighted by atomic mass is 16.4. The number of carboxylic acid groups (broad SMARTS) is 1. The SMILES string of the molecule is CC(C)(O)CNC/C=C/C(=O)O. The molecule has 0 unspecified atom stereocenters. The van der Waals surface area contributed by atoms with E-state index in [1.165, 1.54) is 6.08 Å². The fourth-order valence-corrected chi connectivity index (χ4v) is 0.621. The predicted octanol–water partition coefficient (Wildman–Crippen LogP) is -0.0123. The predicted molar refractivity (Wildman–Crippen MR) is 45.9 cm³/mol. The van der Waals surface area contributed by atoms with Gasteiger partial charge < -0.3 is 15.5 Å². The maximum atomic E-state index is 10.00. The maximum absolute atomic E-state index is 10.00. The molecule has 0 bridgehead atoms. The standard InChI is InChI=1S/C8H15NO3/c1-8(2,12)6-9-5-3-4-7(10)11/h3-4,9,12H,5-6H2,1-2H3,(H,10,11)/b4-3+. The van der Waals surface area contributed by atoms with E-state index in [0.29, 0.717) is 13.1 Å². The van der Waals surface area contributed by atoms with Gasteiger partial charge in [0.25, 0.3) is 0 Å². The van der Waals surface area contributed by atoms with Crippen LogP contribution in [0, 0.1) is 0 Å². The van der Waals surface area contributed by atoms with Gasteiger partial charge in [-0.05, 0) is 13.8 Å². The van der Waals surface area contributed by atoms with Crippen LogP contribution in [0.2, 0.25) is 0 Å². The second-order valence-corrected chi connectivity index (χ2v) is 3.18. The molecular formula is C8H15NO3. The summed E-state index contributed by atoms with van der Waals surface area (Å²) in [5, 5.41) is 20.3. The number of nitrogens with one attached hydrogen (secondary N) is 1. The highest BCUT2D eigenvalue weighted by Gasteiger charge is 2.09. The van der Waals surface area contributed by atoms with Gasteiger partial charge in [-0.1, -0.05) is 6.08 Å². The number of carboxylic acids is 1. The average Bonchev–Trinajstić information content (AvgIpc) is 1.83. The first-order chi connectivity index (χ1) is 5.42. The summed E-state index contributed by atoms with van der Waals surface area (Å²) in [5.41, 5.74) is -0.753. The third-order valence-corrected chi connectivity index (χ3v) is 1.08. The molecule has 3 N–H and O–H groups in total. The molecule has 0 aliphatic carbocycles. The Morgan fingerprint density at radius 3 is 2.58 bits per heavy atom. The van der Waals surface area contributed by atoms with E-state index in [0.717, 1.165) is 6.08 Å². The van der Waals surface area contributed by atoms with Gasteiger partial charge in [0.1, 0.15) is 0 Å². The Bertz CT molecular complexity index is 170. The summed E-state index contributed by atoms with van der Waals surface area (Å²) in [5.74, 6) is -0.958. The van der Waals surface area contributed by atoms with Crippen LogP contribution in [0.4, 0.5) is 0 Å². The van der Waals surface area contributed by atoms with Crippen LogP contribution in [0.1, 0.15) is 13.8 Å². The Labute approximate surface area is 71.9 Å². The maximum Gasteiger partial charge on any atom is 0.328 e. The van der Waals surface area contributed by atoms with E-state index < -0.39 is 11.6 Å². The van der Waals surface area contributed by atoms with Crippen molar-refractivity contribution in [2.24, 2.45) is 0 Å². The van der Waals surface area contributed by atoms with Crippen LogP contribution >= 0.6 is 0 Å². The van der Waals surface area contributed by atoms with Gasteiger partial charge in [-0.15, -0.1) is 0 Å². The van der Waals surface area contributed by atoms with Crippen molar-refractivity contribution in [1.29, 1.82) is 0 Å². The van der Waals surface area contributed by atoms with Crippen molar-refractivity contribution < 1.29 is 15.0 Å². The summed E-state index contributed by atoms with van der Waals surface area (Å²) in [6.45, 7) is 4.26. The molecule has 0 radical (unpaired) electrons. The molecule has 0 fully saturated rings. The van der Waals surface area contributed by atoms with Crippen LogP contribution in [0.3, 0.4) is 0 Å². The molecule has 0 aromatic carbocycles. The van der Waals surface area contributed by atoms with Gasteiger partial charge in [0.2, 0.25) is 0 Å². The zero-order chi connectivity index (χ0) is 9.61. The number of hydrogen-bond donors (Lipinski definition) is 3. The van der Waals surface area contributed by atoms with Crippen molar-refractivity contribution in [3.8, 4) is 0 Å². The Morgan fingerprint density at radius 2 is 2.17 bits per heavy atom. The third kappa shape index (κ3) is 9.13. The molecule has 0 saturated carbocycles. The molecule has 0 aromatic heterocycles. The lowest BCUT2D eigenvalue weighted by Crippen LogP contribution is -2.34. The van der Waals surface area contributed by atoms with Crippen LogP contribution < -0.4 is 5.32 Å². The van der Waals surface area contributed by atoms with Gasteiger partial charge in [0, 0.05) is 19.2 Å². The van der Waals surface area contributed by atoms with Crippen molar-refractivity contribution in [3.05, 3.63) is 12.2 Å². The molecule has 0 saturated heterocycles. The van der Waals surface area contributed by atoms with Gasteiger partial charge >= 0.3 is 5.97 Å². The second kappa shape index (κ2) is 4.90. The second-order valence-electron chi connectivity index (χ2n) is 3.18. The van der Waals surface area contributed by atoms with E-state index in [4.69, 9.17) is 5.11 Å². The minimum atomic E-state index is -0.958. The Hall–Kier alpha value is -0.870. The number of carbonyl (C=O) groups is 1. The van der Waals surface area contributed by atoms with Crippen molar-refractivity contribution in [2.45, 2.75) is 19.4 Å². The van der Waals surface area contributed by atoms with Crippen molar-refractivity contribution in [3.63, 3.8) is 0 Å². The fourth-order valence-electron chi connectivity index (χ4n) is 0.621. The molecule has 0 aliphatic rings. The quantitative estimate of drug-likeness (QED) is 0.404. The number of aliphatic hydroxyl groups is 1. The van der Waals surface area contributed by atoms with Gasteiger partial charge in [-0.3, -0.25) is 0 Å². The third-order valence-electron chi connectivity index (χ3n) is 1.08. The number of hydrogen-bond acceptors (Lipinski definition) is 3. The summed E-state index contributed by atoms with van der Waals surface area (Å²) in [6, 6.07) is 0. The monoisotopic (exact) mass is 173 g/mol. The van der Waals surface area contributed by atoms with E-state index >= 15 is 0 Å². The fraction of sp³-hybridized carbons (Fsp3) is 0.625. The zero-order valence-corrected chi connectivity index (χ0v) is 7.37. The van der Waals surface area contributed by atoms with Crippen LogP contribution in [-0.4, -0.2) is 34.9 Å². The van der Waals surface area contributed by atoms with E-state index in [2.05, 4.69) is 5.32 Å². The highest BCUT2D eigenvalue weighted by Crippen LogP contribution is 1.96. The molecule has 0 spiro atoms. The Kier molecular flexibility index (Phi) is 4.54. The first-order valence-electron chi connectivity index (χ1n) is 3.74. The summed E-state index contributed by atoms with van der Waals surface area (Å²) >= 11 is 0. The lowest BCUT2D eigenvalue weighted by Gasteiger charge is -2.16. The lowest BCUT2D eigenvalue weighted by atomic mass is 10.1. The largest absolute Gasteiger partial charge is 0.478 e. The summed E-state index contributed by atoms with van der Waals surface area (Å²) in [4.78, 5) is 10.00. The minimum absolute atomic E-state index is 0.441. The van der Waals surface area contributed by atoms with Crippen molar-refractivity contribution >= 4 is 5.97 Å². The van der Waals surface area contributed by atoms with Crippen molar-refractivity contribution in [2.75, 3.05) is 13.1 Å². The van der Waals surface area contributed by atoms with Gasteiger partial charge in [0.05, 0.1) is 5.60 Å². The van der Waals surface area contributed by atoms with Gasteiger partial charge in [0.15, 0.2) is 0 Å². The summed E-state index contributed by atoms with van der Waals surface area (Å²) in [7, 11) is 0. The molecule has 0 aromatic rings. The molecule has 12 heavy (non-hydrogen) atoms. The van der Waals surface area contributed by atoms with E-state index in [1.807, 2.05) is 0 Å². The van der Waals surface area contributed by atoms with Crippen LogP contribution in [-0.2, 0) is 4.79 Å². The van der Waals surface area contributed by atoms with Crippen molar-refractivity contribution in [1.82, 2.24) is 5.32 Å². The first kappa shape index (κ1) is 11.1. The molecule has 0 atom stereocenters. The van der Waals surface area contributed by atoms with E-state index in [9.17, 15) is 9.90 Å². The number of rotatable bonds is 5. The topological polar surface area (TPSA) is 69.6 Å². The Balaban J connectivity index is 3.40. The molecule has 0 amide bonds. The zero-order valence-electron chi connectivity index (χ0n) is 7.37. The summed E-state index contributed by atoms with van der Waals surface area (Å²) < 4.78 is 0. The molecule has 0 aliphatic heterocycles. The molecule has 4 heteroatoms. The van der Waals surface area contributed by atoms with Crippen LogP contribution in [0.5, 0.6) is 0 Å². The molecular weight excluding hydrogens is 158 g/mol. The van der Waals surface area contributed by atoms with Gasteiger partial charge in [-0.2, -0.15) is 0 Å².